The maximum atomic E-state index is 5.58. The van der Waals surface area contributed by atoms with Gasteiger partial charge in [-0.15, -0.1) is 0 Å². The second kappa shape index (κ2) is 13.5. The molecule has 2 nitrogen and oxygen atoms in total. The van der Waals surface area contributed by atoms with Crippen molar-refractivity contribution in [1.82, 2.24) is 0 Å². The fraction of sp³-hybridized carbons (Fsp3) is 0.100. The van der Waals surface area contributed by atoms with Crippen LogP contribution in [0.4, 0.5) is 22.7 Å². The summed E-state index contributed by atoms with van der Waals surface area (Å²) in [4.78, 5) is 0. The van der Waals surface area contributed by atoms with Gasteiger partial charge in [0.2, 0.25) is 0 Å². The van der Waals surface area contributed by atoms with Crippen LogP contribution in [0, 0.1) is 27.7 Å². The summed E-state index contributed by atoms with van der Waals surface area (Å²) in [7, 11) is -2.95. The van der Waals surface area contributed by atoms with Crippen molar-refractivity contribution in [3.8, 4) is 0 Å². The number of rotatable bonds is 2. The molecule has 227 valence electrons. The third-order valence-electron chi connectivity index (χ3n) is 8.29. The van der Waals surface area contributed by atoms with Gasteiger partial charge in [0, 0.05) is 22.4 Å². The summed E-state index contributed by atoms with van der Waals surface area (Å²) in [5, 5.41) is 19.0. The molecular formula is C40H36AuN2P2. The van der Waals surface area contributed by atoms with Crippen LogP contribution in [0.2, 0.25) is 0 Å². The summed E-state index contributed by atoms with van der Waals surface area (Å²) in [6.07, 6.45) is 0. The molecule has 0 N–H and O–H groups in total. The zero-order chi connectivity index (χ0) is 30.2. The van der Waals surface area contributed by atoms with Crippen molar-refractivity contribution < 1.29 is 22.4 Å². The molecule has 0 fully saturated rings. The first-order chi connectivity index (χ1) is 21.4. The van der Waals surface area contributed by atoms with Crippen LogP contribution < -0.4 is 31.8 Å². The molecule has 1 aliphatic heterocycles. The van der Waals surface area contributed by atoms with Gasteiger partial charge in [-0.05, 0) is 98.5 Å². The predicted molar refractivity (Wildman–Crippen MR) is 197 cm³/mol. The molecular weight excluding hydrogens is 767 g/mol. The molecule has 1 radical (unpaired) electrons. The van der Waals surface area contributed by atoms with Gasteiger partial charge in [-0.1, -0.05) is 108 Å². The van der Waals surface area contributed by atoms with Crippen molar-refractivity contribution in [1.29, 1.82) is 0 Å². The number of fused-ring (bicyclic) bond motifs is 4. The standard InChI is InChI=1S/C40H34N2P2.Au/c1-27-15-19-33-37(23-27)43(31-11-7-5-8-12-31)38-24-28(2)16-20-34(38)42-36-22-18-30(4)26-40(36)44(32-13-9-6-10-14-32)39-25-29(3)17-21-35(39)41-33;/h5-26H,1-4H3;/q-2;/p+2. The summed E-state index contributed by atoms with van der Waals surface area (Å²) in [5.41, 5.74) is 9.17. The Morgan fingerprint density at radius 2 is 0.622 bits per heavy atom. The molecule has 0 bridgehead atoms. The van der Waals surface area contributed by atoms with Crippen molar-refractivity contribution in [2.75, 3.05) is 0 Å². The van der Waals surface area contributed by atoms with Gasteiger partial charge < -0.3 is 10.6 Å². The van der Waals surface area contributed by atoms with E-state index in [9.17, 15) is 0 Å². The summed E-state index contributed by atoms with van der Waals surface area (Å²) in [5.74, 6) is 0. The quantitative estimate of drug-likeness (QED) is 0.124. The van der Waals surface area contributed by atoms with Crippen LogP contribution in [-0.4, -0.2) is 0 Å². The Kier molecular flexibility index (Phi) is 9.44. The van der Waals surface area contributed by atoms with Crippen LogP contribution in [0.1, 0.15) is 22.3 Å². The SMILES string of the molecule is Cc1ccc2c(c1)[PH+](c1ccccc1)c1cc(C)ccc1[N-]c1ccc(C)cc1[PH+](c1ccccc1)c1cc(C)ccc1[N-]2.[Au]. The first-order valence-corrected chi connectivity index (χ1v) is 18.2. The Bertz CT molecular complexity index is 1730. The molecule has 0 spiro atoms. The Balaban J connectivity index is 0.00000357. The van der Waals surface area contributed by atoms with E-state index in [1.54, 1.807) is 0 Å². The van der Waals surface area contributed by atoms with Crippen LogP contribution in [0.5, 0.6) is 0 Å². The van der Waals surface area contributed by atoms with Crippen molar-refractivity contribution in [3.05, 3.63) is 166 Å². The summed E-state index contributed by atoms with van der Waals surface area (Å²) in [6.45, 7) is 8.76. The van der Waals surface area contributed by atoms with Crippen LogP contribution in [0.25, 0.3) is 10.6 Å². The summed E-state index contributed by atoms with van der Waals surface area (Å²) < 4.78 is 0. The average Bonchev–Trinajstić information content (AvgIpc) is 3.03. The largest absolute Gasteiger partial charge is 0.651 e. The van der Waals surface area contributed by atoms with Gasteiger partial charge >= 0.3 is 0 Å². The van der Waals surface area contributed by atoms with E-state index in [-0.39, 0.29) is 22.4 Å². The zero-order valence-corrected chi connectivity index (χ0v) is 30.1. The third kappa shape index (κ3) is 6.45. The normalized spacial score (nSPS) is 15.3. The molecule has 1 aliphatic rings. The van der Waals surface area contributed by atoms with Crippen molar-refractivity contribution in [2.24, 2.45) is 0 Å². The van der Waals surface area contributed by atoms with Crippen LogP contribution in [-0.2, 0) is 22.4 Å². The van der Waals surface area contributed by atoms with Gasteiger partial charge in [0.05, 0.1) is 37.1 Å². The third-order valence-corrected chi connectivity index (χ3v) is 13.9. The van der Waals surface area contributed by atoms with E-state index in [2.05, 4.69) is 161 Å². The van der Waals surface area contributed by atoms with E-state index in [1.807, 2.05) is 0 Å². The Morgan fingerprint density at radius 1 is 0.356 bits per heavy atom. The first-order valence-electron chi connectivity index (χ1n) is 15.2. The number of benzene rings is 6. The van der Waals surface area contributed by atoms with E-state index < -0.39 is 15.8 Å². The van der Waals surface area contributed by atoms with Gasteiger partial charge in [0.1, 0.15) is 10.6 Å². The second-order valence-electron chi connectivity index (χ2n) is 11.8. The maximum absolute atomic E-state index is 5.58. The smallest absolute Gasteiger partial charge is 0.102 e. The van der Waals surface area contributed by atoms with Crippen LogP contribution in [0.15, 0.2) is 133 Å². The Hall–Kier alpha value is -3.48. The van der Waals surface area contributed by atoms with Crippen molar-refractivity contribution >= 4 is 70.4 Å². The number of aryl methyl sites for hydroxylation is 4. The Morgan fingerprint density at radius 3 is 0.889 bits per heavy atom. The fourth-order valence-electron chi connectivity index (χ4n) is 6.17. The minimum Gasteiger partial charge on any atom is -0.651 e. The molecule has 0 aliphatic carbocycles. The van der Waals surface area contributed by atoms with Crippen molar-refractivity contribution in [2.45, 2.75) is 27.7 Å². The van der Waals surface area contributed by atoms with E-state index in [0.717, 1.165) is 22.7 Å². The fourth-order valence-corrected chi connectivity index (χ4v) is 12.1. The maximum Gasteiger partial charge on any atom is 0.102 e. The minimum atomic E-state index is -1.47. The number of hydrogen-bond donors (Lipinski definition) is 0. The van der Waals surface area contributed by atoms with Gasteiger partial charge in [-0.25, -0.2) is 0 Å². The molecule has 6 aromatic carbocycles. The van der Waals surface area contributed by atoms with Gasteiger partial charge in [0.25, 0.3) is 0 Å². The van der Waals surface area contributed by atoms with E-state index in [1.165, 1.54) is 54.1 Å². The average molecular weight is 804 g/mol. The molecule has 45 heavy (non-hydrogen) atoms. The first kappa shape index (κ1) is 31.5. The van der Waals surface area contributed by atoms with Crippen LogP contribution in [0.3, 0.4) is 0 Å². The zero-order valence-electron chi connectivity index (χ0n) is 25.9. The van der Waals surface area contributed by atoms with Gasteiger partial charge in [-0.3, -0.25) is 0 Å². The summed E-state index contributed by atoms with van der Waals surface area (Å²) in [6, 6.07) is 49.2. The molecule has 0 aromatic heterocycles. The topological polar surface area (TPSA) is 28.2 Å². The second-order valence-corrected chi connectivity index (χ2v) is 16.6. The molecule has 5 heteroatoms. The Labute approximate surface area is 285 Å². The molecule has 0 saturated heterocycles. The summed E-state index contributed by atoms with van der Waals surface area (Å²) >= 11 is 0. The van der Waals surface area contributed by atoms with E-state index in [0.29, 0.717) is 0 Å². The molecule has 0 unspecified atom stereocenters. The molecule has 0 saturated carbocycles. The van der Waals surface area contributed by atoms with E-state index >= 15 is 0 Å². The monoisotopic (exact) mass is 803 g/mol. The van der Waals surface area contributed by atoms with Crippen LogP contribution >= 0.6 is 15.8 Å². The van der Waals surface area contributed by atoms with E-state index in [4.69, 9.17) is 10.6 Å². The molecule has 0 amide bonds. The number of hydrogen-bond acceptors (Lipinski definition) is 0. The molecule has 0 atom stereocenters. The van der Waals surface area contributed by atoms with Crippen molar-refractivity contribution in [3.63, 3.8) is 0 Å². The molecule has 1 heterocycles. The van der Waals surface area contributed by atoms with Gasteiger partial charge in [-0.2, -0.15) is 0 Å². The molecule has 7 rings (SSSR count). The molecule has 6 aromatic rings. The van der Waals surface area contributed by atoms with Gasteiger partial charge in [0.15, 0.2) is 0 Å². The predicted octanol–water partition coefficient (Wildman–Crippen LogP) is 8.89. The number of nitrogens with zero attached hydrogens (tertiary/aromatic N) is 2. The minimum absolute atomic E-state index is 0.